The Morgan fingerprint density at radius 2 is 2.17 bits per heavy atom. The van der Waals surface area contributed by atoms with Gasteiger partial charge in [-0.15, -0.1) is 24.0 Å². The molecule has 0 unspecified atom stereocenters. The summed E-state index contributed by atoms with van der Waals surface area (Å²) < 4.78 is 2.20. The number of thiophene rings is 1. The SMILES string of the molecule is Sc1c(Br)sc2cccc(Cl)c12. The molecule has 0 radical (unpaired) electrons. The first-order valence-electron chi connectivity index (χ1n) is 3.25. The van der Waals surface area contributed by atoms with Gasteiger partial charge < -0.3 is 0 Å². The molecule has 0 spiro atoms. The Morgan fingerprint density at radius 3 is 2.83 bits per heavy atom. The molecule has 0 atom stereocenters. The van der Waals surface area contributed by atoms with Gasteiger partial charge in [-0.3, -0.25) is 0 Å². The van der Waals surface area contributed by atoms with Gasteiger partial charge in [0.15, 0.2) is 0 Å². The summed E-state index contributed by atoms with van der Waals surface area (Å²) in [6.45, 7) is 0. The minimum absolute atomic E-state index is 0.763. The highest BCUT2D eigenvalue weighted by Crippen LogP contribution is 2.40. The minimum atomic E-state index is 0.763. The number of fused-ring (bicyclic) bond motifs is 1. The van der Waals surface area contributed by atoms with Crippen LogP contribution in [-0.4, -0.2) is 0 Å². The van der Waals surface area contributed by atoms with Crippen LogP contribution in [0.5, 0.6) is 0 Å². The van der Waals surface area contributed by atoms with E-state index in [2.05, 4.69) is 28.6 Å². The van der Waals surface area contributed by atoms with Crippen LogP contribution in [0.2, 0.25) is 5.02 Å². The van der Waals surface area contributed by atoms with Gasteiger partial charge in [-0.2, -0.15) is 0 Å². The predicted octanol–water partition coefficient (Wildman–Crippen LogP) is 4.61. The molecule has 1 aromatic carbocycles. The summed E-state index contributed by atoms with van der Waals surface area (Å²) in [5.74, 6) is 0. The summed E-state index contributed by atoms with van der Waals surface area (Å²) in [5, 5.41) is 1.80. The molecule has 62 valence electrons. The fourth-order valence-corrected chi connectivity index (χ4v) is 3.48. The lowest BCUT2D eigenvalue weighted by Crippen LogP contribution is -1.66. The zero-order valence-electron chi connectivity index (χ0n) is 5.84. The molecule has 0 nitrogen and oxygen atoms in total. The number of hydrogen-bond donors (Lipinski definition) is 1. The van der Waals surface area contributed by atoms with Gasteiger partial charge in [0.25, 0.3) is 0 Å². The standard InChI is InChI=1S/C8H4BrClS2/c9-8-7(11)6-4(10)2-1-3-5(6)12-8/h1-3,11H. The van der Waals surface area contributed by atoms with Crippen molar-refractivity contribution in [3.05, 3.63) is 27.0 Å². The largest absolute Gasteiger partial charge is 0.141 e. The van der Waals surface area contributed by atoms with Crippen LogP contribution >= 0.6 is 51.5 Å². The minimum Gasteiger partial charge on any atom is -0.141 e. The van der Waals surface area contributed by atoms with Crippen LogP contribution in [0.15, 0.2) is 26.9 Å². The molecule has 0 aliphatic rings. The van der Waals surface area contributed by atoms with Gasteiger partial charge >= 0.3 is 0 Å². The monoisotopic (exact) mass is 278 g/mol. The van der Waals surface area contributed by atoms with E-state index in [1.165, 1.54) is 4.70 Å². The molecule has 0 aliphatic carbocycles. The summed E-state index contributed by atoms with van der Waals surface area (Å²) in [6.07, 6.45) is 0. The van der Waals surface area contributed by atoms with E-state index in [0.717, 1.165) is 19.1 Å². The van der Waals surface area contributed by atoms with E-state index >= 15 is 0 Å². The molecule has 0 amide bonds. The molecule has 2 rings (SSSR count). The summed E-state index contributed by atoms with van der Waals surface area (Å²) in [6, 6.07) is 5.86. The van der Waals surface area contributed by atoms with E-state index in [1.54, 1.807) is 11.3 Å². The Kier molecular flexibility index (Phi) is 2.38. The molecule has 2 aromatic rings. The number of hydrogen-bond acceptors (Lipinski definition) is 2. The maximum atomic E-state index is 6.01. The second kappa shape index (κ2) is 3.22. The second-order valence-electron chi connectivity index (χ2n) is 2.34. The lowest BCUT2D eigenvalue weighted by Gasteiger charge is -1.93. The second-order valence-corrected chi connectivity index (χ2v) is 5.56. The van der Waals surface area contributed by atoms with Crippen molar-refractivity contribution in [1.82, 2.24) is 0 Å². The highest BCUT2D eigenvalue weighted by Gasteiger charge is 2.08. The van der Waals surface area contributed by atoms with E-state index in [0.29, 0.717) is 0 Å². The molecule has 0 saturated carbocycles. The number of halogens is 2. The first-order valence-corrected chi connectivity index (χ1v) is 5.69. The molecule has 1 aromatic heterocycles. The quantitative estimate of drug-likeness (QED) is 0.669. The van der Waals surface area contributed by atoms with Crippen molar-refractivity contribution in [2.24, 2.45) is 0 Å². The third kappa shape index (κ3) is 1.29. The molecule has 0 N–H and O–H groups in total. The highest BCUT2D eigenvalue weighted by molar-refractivity contribution is 9.11. The Labute approximate surface area is 93.1 Å². The fraction of sp³-hybridized carbons (Fsp3) is 0. The number of rotatable bonds is 0. The Morgan fingerprint density at radius 1 is 1.42 bits per heavy atom. The average molecular weight is 280 g/mol. The molecule has 4 heteroatoms. The van der Waals surface area contributed by atoms with E-state index < -0.39 is 0 Å². The zero-order chi connectivity index (χ0) is 8.72. The predicted molar refractivity (Wildman–Crippen MR) is 61.8 cm³/mol. The maximum Gasteiger partial charge on any atom is 0.0844 e. The summed E-state index contributed by atoms with van der Waals surface area (Å²) in [7, 11) is 0. The molecular weight excluding hydrogens is 276 g/mol. The van der Waals surface area contributed by atoms with Crippen LogP contribution in [0.1, 0.15) is 0 Å². The zero-order valence-corrected chi connectivity index (χ0v) is 9.90. The van der Waals surface area contributed by atoms with Gasteiger partial charge in [-0.05, 0) is 28.1 Å². The van der Waals surface area contributed by atoms with Crippen molar-refractivity contribution in [2.45, 2.75) is 4.90 Å². The molecular formula is C8H4BrClS2. The van der Waals surface area contributed by atoms with Crippen LogP contribution in [0.25, 0.3) is 10.1 Å². The van der Waals surface area contributed by atoms with Crippen molar-refractivity contribution in [1.29, 1.82) is 0 Å². The molecule has 0 saturated heterocycles. The molecule has 1 heterocycles. The van der Waals surface area contributed by atoms with Gasteiger partial charge in [0.2, 0.25) is 0 Å². The number of thiol groups is 1. The van der Waals surface area contributed by atoms with E-state index in [1.807, 2.05) is 18.2 Å². The summed E-state index contributed by atoms with van der Waals surface area (Å²) >= 11 is 15.5. The van der Waals surface area contributed by atoms with Crippen molar-refractivity contribution >= 4 is 61.6 Å². The van der Waals surface area contributed by atoms with Crippen LogP contribution in [0.3, 0.4) is 0 Å². The summed E-state index contributed by atoms with van der Waals surface area (Å²) in [5.41, 5.74) is 0. The number of benzene rings is 1. The fourth-order valence-electron chi connectivity index (χ4n) is 1.06. The first-order chi connectivity index (χ1) is 5.70. The smallest absolute Gasteiger partial charge is 0.0844 e. The summed E-state index contributed by atoms with van der Waals surface area (Å²) in [4.78, 5) is 0.931. The van der Waals surface area contributed by atoms with Crippen molar-refractivity contribution in [2.75, 3.05) is 0 Å². The van der Waals surface area contributed by atoms with Gasteiger partial charge in [0.1, 0.15) is 0 Å². The van der Waals surface area contributed by atoms with E-state index in [4.69, 9.17) is 11.6 Å². The van der Waals surface area contributed by atoms with Gasteiger partial charge in [-0.25, -0.2) is 0 Å². The Balaban J connectivity index is 2.97. The third-order valence-electron chi connectivity index (χ3n) is 1.60. The molecule has 0 aliphatic heterocycles. The van der Waals surface area contributed by atoms with Crippen LogP contribution in [0, 0.1) is 0 Å². The molecule has 0 bridgehead atoms. The van der Waals surface area contributed by atoms with Crippen molar-refractivity contribution in [3.8, 4) is 0 Å². The van der Waals surface area contributed by atoms with Crippen LogP contribution in [-0.2, 0) is 0 Å². The first kappa shape index (κ1) is 8.88. The highest BCUT2D eigenvalue weighted by atomic mass is 79.9. The van der Waals surface area contributed by atoms with Gasteiger partial charge in [-0.1, -0.05) is 17.7 Å². The topological polar surface area (TPSA) is 0 Å². The van der Waals surface area contributed by atoms with Crippen LogP contribution in [0.4, 0.5) is 0 Å². The lowest BCUT2D eigenvalue weighted by atomic mass is 10.3. The van der Waals surface area contributed by atoms with Crippen molar-refractivity contribution in [3.63, 3.8) is 0 Å². The molecule has 0 fully saturated rings. The normalized spacial score (nSPS) is 10.9. The Hall–Kier alpha value is 0.300. The Bertz CT molecular complexity index is 436. The van der Waals surface area contributed by atoms with Gasteiger partial charge in [0, 0.05) is 15.0 Å². The van der Waals surface area contributed by atoms with Crippen molar-refractivity contribution < 1.29 is 0 Å². The average Bonchev–Trinajstić information content (AvgIpc) is 2.29. The van der Waals surface area contributed by atoms with E-state index in [-0.39, 0.29) is 0 Å². The van der Waals surface area contributed by atoms with Gasteiger partial charge in [0.05, 0.1) is 8.81 Å². The maximum absolute atomic E-state index is 6.01. The van der Waals surface area contributed by atoms with Crippen LogP contribution < -0.4 is 0 Å². The molecule has 12 heavy (non-hydrogen) atoms. The third-order valence-corrected chi connectivity index (χ3v) is 4.64. The van der Waals surface area contributed by atoms with E-state index in [9.17, 15) is 0 Å². The lowest BCUT2D eigenvalue weighted by molar-refractivity contribution is 1.63.